The molecule has 4 rings (SSSR count). The molecule has 2 aliphatic rings. The zero-order valence-corrected chi connectivity index (χ0v) is 12.7. The molecule has 21 heavy (non-hydrogen) atoms. The first-order chi connectivity index (χ1) is 10.3. The second-order valence-electron chi connectivity index (χ2n) is 6.11. The number of nitrogens with one attached hydrogen (secondary N) is 1. The van der Waals surface area contributed by atoms with Crippen LogP contribution in [0.25, 0.3) is 0 Å². The van der Waals surface area contributed by atoms with Crippen LogP contribution in [0.1, 0.15) is 16.9 Å². The molecule has 0 saturated carbocycles. The third-order valence-electron chi connectivity index (χ3n) is 4.67. The molecule has 2 aromatic rings. The van der Waals surface area contributed by atoms with Gasteiger partial charge in [0, 0.05) is 23.7 Å². The summed E-state index contributed by atoms with van der Waals surface area (Å²) < 4.78 is 0. The monoisotopic (exact) mass is 298 g/mol. The fourth-order valence-corrected chi connectivity index (χ4v) is 4.29. The Morgan fingerprint density at radius 3 is 3.00 bits per heavy atom. The number of benzene rings is 1. The molecule has 1 N–H and O–H groups in total. The molecule has 1 spiro atoms. The number of hydrogen-bond acceptors (Lipinski definition) is 3. The Bertz CT molecular complexity index is 667. The first-order valence-corrected chi connectivity index (χ1v) is 8.27. The van der Waals surface area contributed by atoms with Gasteiger partial charge in [-0.15, -0.1) is 11.3 Å². The summed E-state index contributed by atoms with van der Waals surface area (Å²) in [4.78, 5) is 16.4. The maximum atomic E-state index is 12.6. The standard InChI is InChI=1S/C17H18N2OS/c20-16-17(10-13-4-1-2-6-15(13)18-16)7-8-19(12-17)11-14-5-3-9-21-14/h1-6,9H,7-8,10-12H2,(H,18,20). The molecular weight excluding hydrogens is 280 g/mol. The Morgan fingerprint density at radius 1 is 1.24 bits per heavy atom. The number of rotatable bonds is 2. The van der Waals surface area contributed by atoms with Crippen molar-refractivity contribution in [2.24, 2.45) is 5.41 Å². The number of nitrogens with zero attached hydrogens (tertiary/aromatic N) is 1. The number of hydrogen-bond donors (Lipinski definition) is 1. The number of amides is 1. The molecule has 3 heterocycles. The zero-order valence-electron chi connectivity index (χ0n) is 11.8. The zero-order chi connectivity index (χ0) is 14.3. The molecule has 1 aromatic heterocycles. The normalized spacial score (nSPS) is 25.0. The minimum absolute atomic E-state index is 0.204. The molecule has 4 heteroatoms. The van der Waals surface area contributed by atoms with E-state index in [-0.39, 0.29) is 11.3 Å². The minimum Gasteiger partial charge on any atom is -0.325 e. The lowest BCUT2D eigenvalue weighted by molar-refractivity contribution is -0.125. The SMILES string of the molecule is O=C1Nc2ccccc2CC12CCN(Cc1cccs1)C2. The lowest BCUT2D eigenvalue weighted by Crippen LogP contribution is -2.43. The van der Waals surface area contributed by atoms with Gasteiger partial charge in [-0.05, 0) is 42.5 Å². The number of anilines is 1. The summed E-state index contributed by atoms with van der Waals surface area (Å²) in [7, 11) is 0. The summed E-state index contributed by atoms with van der Waals surface area (Å²) in [5.74, 6) is 0.204. The number of fused-ring (bicyclic) bond motifs is 1. The van der Waals surface area contributed by atoms with Crippen molar-refractivity contribution in [2.75, 3.05) is 18.4 Å². The van der Waals surface area contributed by atoms with E-state index in [1.165, 1.54) is 10.4 Å². The van der Waals surface area contributed by atoms with Crippen molar-refractivity contribution in [1.29, 1.82) is 0 Å². The van der Waals surface area contributed by atoms with Gasteiger partial charge in [-0.1, -0.05) is 24.3 Å². The van der Waals surface area contributed by atoms with E-state index in [0.29, 0.717) is 0 Å². The first kappa shape index (κ1) is 13.0. The highest BCUT2D eigenvalue weighted by Crippen LogP contribution is 2.41. The molecule has 1 atom stereocenters. The average Bonchev–Trinajstić information content (AvgIpc) is 3.12. The van der Waals surface area contributed by atoms with Crippen LogP contribution in [0, 0.1) is 5.41 Å². The Balaban J connectivity index is 1.54. The Labute approximate surface area is 128 Å². The van der Waals surface area contributed by atoms with E-state index in [0.717, 1.165) is 38.2 Å². The fraction of sp³-hybridized carbons (Fsp3) is 0.353. The van der Waals surface area contributed by atoms with E-state index >= 15 is 0 Å². The number of thiophene rings is 1. The van der Waals surface area contributed by atoms with Crippen molar-refractivity contribution in [1.82, 2.24) is 4.90 Å². The summed E-state index contributed by atoms with van der Waals surface area (Å²) in [6.07, 6.45) is 1.83. The molecule has 108 valence electrons. The molecule has 1 aromatic carbocycles. The summed E-state index contributed by atoms with van der Waals surface area (Å²) in [6, 6.07) is 12.4. The molecule has 1 unspecified atom stereocenters. The summed E-state index contributed by atoms with van der Waals surface area (Å²) >= 11 is 1.79. The van der Waals surface area contributed by atoms with Crippen LogP contribution in [0.15, 0.2) is 41.8 Å². The van der Waals surface area contributed by atoms with E-state index in [4.69, 9.17) is 0 Å². The van der Waals surface area contributed by atoms with Crippen LogP contribution >= 0.6 is 11.3 Å². The highest BCUT2D eigenvalue weighted by Gasteiger charge is 2.47. The van der Waals surface area contributed by atoms with Crippen LogP contribution in [-0.2, 0) is 17.8 Å². The van der Waals surface area contributed by atoms with Crippen molar-refractivity contribution in [2.45, 2.75) is 19.4 Å². The van der Waals surface area contributed by atoms with Gasteiger partial charge in [0.25, 0.3) is 0 Å². The van der Waals surface area contributed by atoms with Gasteiger partial charge in [0.1, 0.15) is 0 Å². The Hall–Kier alpha value is -1.65. The molecule has 3 nitrogen and oxygen atoms in total. The molecule has 0 radical (unpaired) electrons. The Morgan fingerprint density at radius 2 is 2.14 bits per heavy atom. The number of carbonyl (C=O) groups is 1. The lowest BCUT2D eigenvalue weighted by Gasteiger charge is -2.33. The predicted molar refractivity (Wildman–Crippen MR) is 85.4 cm³/mol. The molecule has 1 fully saturated rings. The summed E-state index contributed by atoms with van der Waals surface area (Å²) in [5.41, 5.74) is 2.03. The smallest absolute Gasteiger partial charge is 0.232 e. The molecule has 2 aliphatic heterocycles. The maximum absolute atomic E-state index is 12.6. The van der Waals surface area contributed by atoms with Gasteiger partial charge in [-0.2, -0.15) is 0 Å². The van der Waals surface area contributed by atoms with Crippen molar-refractivity contribution in [3.05, 3.63) is 52.2 Å². The first-order valence-electron chi connectivity index (χ1n) is 7.39. The number of para-hydroxylation sites is 1. The quantitative estimate of drug-likeness (QED) is 0.924. The van der Waals surface area contributed by atoms with Gasteiger partial charge in [-0.25, -0.2) is 0 Å². The van der Waals surface area contributed by atoms with Crippen LogP contribution in [-0.4, -0.2) is 23.9 Å². The number of likely N-dealkylation sites (tertiary alicyclic amines) is 1. The van der Waals surface area contributed by atoms with Gasteiger partial charge in [0.15, 0.2) is 0 Å². The summed E-state index contributed by atoms with van der Waals surface area (Å²) in [5, 5.41) is 5.22. The van der Waals surface area contributed by atoms with E-state index in [1.807, 2.05) is 12.1 Å². The largest absolute Gasteiger partial charge is 0.325 e. The second kappa shape index (κ2) is 4.97. The molecular formula is C17H18N2OS. The third kappa shape index (κ3) is 2.28. The van der Waals surface area contributed by atoms with Crippen LogP contribution in [0.2, 0.25) is 0 Å². The molecule has 0 bridgehead atoms. The average molecular weight is 298 g/mol. The minimum atomic E-state index is -0.231. The van der Waals surface area contributed by atoms with Crippen LogP contribution < -0.4 is 5.32 Å². The topological polar surface area (TPSA) is 32.3 Å². The van der Waals surface area contributed by atoms with Gasteiger partial charge >= 0.3 is 0 Å². The fourth-order valence-electron chi connectivity index (χ4n) is 3.54. The van der Waals surface area contributed by atoms with E-state index in [1.54, 1.807) is 11.3 Å². The van der Waals surface area contributed by atoms with Gasteiger partial charge in [-0.3, -0.25) is 9.69 Å². The molecule has 1 saturated heterocycles. The van der Waals surface area contributed by atoms with Crippen molar-refractivity contribution in [3.8, 4) is 0 Å². The Kier molecular flexibility index (Phi) is 3.08. The van der Waals surface area contributed by atoms with Crippen molar-refractivity contribution < 1.29 is 4.79 Å². The second-order valence-corrected chi connectivity index (χ2v) is 7.14. The van der Waals surface area contributed by atoms with Crippen molar-refractivity contribution in [3.63, 3.8) is 0 Å². The molecule has 0 aliphatic carbocycles. The third-order valence-corrected chi connectivity index (χ3v) is 5.53. The van der Waals surface area contributed by atoms with E-state index in [2.05, 4.69) is 39.9 Å². The van der Waals surface area contributed by atoms with Crippen LogP contribution in [0.3, 0.4) is 0 Å². The van der Waals surface area contributed by atoms with E-state index in [9.17, 15) is 4.79 Å². The van der Waals surface area contributed by atoms with Crippen molar-refractivity contribution >= 4 is 22.9 Å². The highest BCUT2D eigenvalue weighted by atomic mass is 32.1. The van der Waals surface area contributed by atoms with Crippen LogP contribution in [0.5, 0.6) is 0 Å². The molecule has 1 amide bonds. The highest BCUT2D eigenvalue weighted by molar-refractivity contribution is 7.09. The summed E-state index contributed by atoms with van der Waals surface area (Å²) in [6.45, 7) is 2.84. The van der Waals surface area contributed by atoms with Gasteiger partial charge < -0.3 is 5.32 Å². The predicted octanol–water partition coefficient (Wildman–Crippen LogP) is 3.14. The lowest BCUT2D eigenvalue weighted by atomic mass is 9.77. The van der Waals surface area contributed by atoms with Crippen LogP contribution in [0.4, 0.5) is 5.69 Å². The number of carbonyl (C=O) groups excluding carboxylic acids is 1. The van der Waals surface area contributed by atoms with Gasteiger partial charge in [0.05, 0.1) is 5.41 Å². The van der Waals surface area contributed by atoms with E-state index < -0.39 is 0 Å². The maximum Gasteiger partial charge on any atom is 0.232 e. The van der Waals surface area contributed by atoms with Gasteiger partial charge in [0.2, 0.25) is 5.91 Å².